The molecule has 0 bridgehead atoms. The Hall–Kier alpha value is -0.970. The molecule has 1 aliphatic rings. The third-order valence-electron chi connectivity index (χ3n) is 2.20. The van der Waals surface area contributed by atoms with Crippen molar-refractivity contribution in [2.24, 2.45) is 5.41 Å². The third kappa shape index (κ3) is 3.03. The van der Waals surface area contributed by atoms with Crippen molar-refractivity contribution in [3.05, 3.63) is 10.5 Å². The number of cyclic esters (lactones) is 2. The first-order valence-electron chi connectivity index (χ1n) is 5.34. The van der Waals surface area contributed by atoms with E-state index in [-0.39, 0.29) is 11.0 Å². The maximum absolute atomic E-state index is 11.9. The minimum Gasteiger partial charge on any atom is -0.419 e. The summed E-state index contributed by atoms with van der Waals surface area (Å²) in [4.78, 5) is 24.4. The zero-order valence-electron chi connectivity index (χ0n) is 11.0. The van der Waals surface area contributed by atoms with E-state index in [4.69, 9.17) is 9.47 Å². The van der Waals surface area contributed by atoms with Gasteiger partial charge in [-0.3, -0.25) is 0 Å². The van der Waals surface area contributed by atoms with Crippen molar-refractivity contribution in [3.63, 3.8) is 0 Å². The molecular formula is C12H18O4S. The normalized spacial score (nSPS) is 19.8. The van der Waals surface area contributed by atoms with E-state index in [9.17, 15) is 9.59 Å². The summed E-state index contributed by atoms with van der Waals surface area (Å²) in [5, 5.41) is 0. The molecule has 0 atom stereocenters. The zero-order valence-corrected chi connectivity index (χ0v) is 11.9. The SMILES string of the molecule is CSC(=C1C(=O)OC(C)(C)OC1=O)C(C)(C)C. The lowest BCUT2D eigenvalue weighted by atomic mass is 9.92. The maximum atomic E-state index is 11.9. The molecule has 4 nitrogen and oxygen atoms in total. The first kappa shape index (κ1) is 14.1. The van der Waals surface area contributed by atoms with Gasteiger partial charge in [0, 0.05) is 18.8 Å². The van der Waals surface area contributed by atoms with Gasteiger partial charge in [-0.05, 0) is 11.7 Å². The molecule has 0 N–H and O–H groups in total. The number of hydrogen-bond acceptors (Lipinski definition) is 5. The molecule has 1 aliphatic heterocycles. The van der Waals surface area contributed by atoms with E-state index in [0.29, 0.717) is 4.91 Å². The van der Waals surface area contributed by atoms with Crippen molar-refractivity contribution in [2.45, 2.75) is 40.4 Å². The van der Waals surface area contributed by atoms with Gasteiger partial charge in [0.2, 0.25) is 0 Å². The van der Waals surface area contributed by atoms with Crippen LogP contribution in [0.15, 0.2) is 10.5 Å². The summed E-state index contributed by atoms with van der Waals surface area (Å²) in [6, 6.07) is 0. The summed E-state index contributed by atoms with van der Waals surface area (Å²) >= 11 is 1.37. The van der Waals surface area contributed by atoms with Gasteiger partial charge in [0.15, 0.2) is 5.57 Å². The maximum Gasteiger partial charge on any atom is 0.349 e. The smallest absolute Gasteiger partial charge is 0.349 e. The number of carbonyl (C=O) groups is 2. The fraction of sp³-hybridized carbons (Fsp3) is 0.667. The van der Waals surface area contributed by atoms with Crippen LogP contribution in [0.3, 0.4) is 0 Å². The Bertz CT molecular complexity index is 366. The molecule has 0 amide bonds. The lowest BCUT2D eigenvalue weighted by Crippen LogP contribution is -2.42. The second-order valence-corrected chi connectivity index (χ2v) is 6.15. The Balaban J connectivity index is 3.26. The lowest BCUT2D eigenvalue weighted by molar-refractivity contribution is -0.222. The van der Waals surface area contributed by atoms with Gasteiger partial charge < -0.3 is 9.47 Å². The summed E-state index contributed by atoms with van der Waals surface area (Å²) in [5.41, 5.74) is -0.279. The van der Waals surface area contributed by atoms with E-state index in [1.165, 1.54) is 25.6 Å². The Morgan fingerprint density at radius 3 is 1.82 bits per heavy atom. The van der Waals surface area contributed by atoms with Crippen LogP contribution in [0.25, 0.3) is 0 Å². The summed E-state index contributed by atoms with van der Waals surface area (Å²) in [7, 11) is 0. The molecule has 0 aromatic heterocycles. The Kier molecular flexibility index (Phi) is 3.62. The second kappa shape index (κ2) is 4.37. The van der Waals surface area contributed by atoms with Crippen LogP contribution in [0.1, 0.15) is 34.6 Å². The number of rotatable bonds is 1. The molecule has 0 unspecified atom stereocenters. The van der Waals surface area contributed by atoms with Crippen LogP contribution in [0, 0.1) is 5.41 Å². The quantitative estimate of drug-likeness (QED) is 0.411. The van der Waals surface area contributed by atoms with Crippen molar-refractivity contribution in [1.82, 2.24) is 0 Å². The van der Waals surface area contributed by atoms with Crippen molar-refractivity contribution in [3.8, 4) is 0 Å². The van der Waals surface area contributed by atoms with Gasteiger partial charge in [0.25, 0.3) is 5.79 Å². The van der Waals surface area contributed by atoms with Crippen LogP contribution in [0.5, 0.6) is 0 Å². The molecule has 5 heteroatoms. The molecule has 1 saturated heterocycles. The molecular weight excluding hydrogens is 240 g/mol. The van der Waals surface area contributed by atoms with Gasteiger partial charge in [-0.15, -0.1) is 11.8 Å². The topological polar surface area (TPSA) is 52.6 Å². The minimum atomic E-state index is -1.18. The highest BCUT2D eigenvalue weighted by atomic mass is 32.2. The second-order valence-electron chi connectivity index (χ2n) is 5.34. The fourth-order valence-corrected chi connectivity index (χ4v) is 2.60. The summed E-state index contributed by atoms with van der Waals surface area (Å²) in [6.45, 7) is 8.88. The average Bonchev–Trinajstić information content (AvgIpc) is 2.06. The van der Waals surface area contributed by atoms with Gasteiger partial charge in [-0.2, -0.15) is 0 Å². The first-order valence-corrected chi connectivity index (χ1v) is 6.56. The van der Waals surface area contributed by atoms with Crippen LogP contribution >= 0.6 is 11.8 Å². The van der Waals surface area contributed by atoms with E-state index in [2.05, 4.69) is 0 Å². The van der Waals surface area contributed by atoms with Gasteiger partial charge >= 0.3 is 11.9 Å². The molecule has 0 aliphatic carbocycles. The van der Waals surface area contributed by atoms with Gasteiger partial charge in [-0.1, -0.05) is 20.8 Å². The summed E-state index contributed by atoms with van der Waals surface area (Å²) in [5.74, 6) is -2.39. The van der Waals surface area contributed by atoms with E-state index < -0.39 is 17.7 Å². The van der Waals surface area contributed by atoms with Gasteiger partial charge in [0.05, 0.1) is 0 Å². The third-order valence-corrected chi connectivity index (χ3v) is 3.42. The minimum absolute atomic E-state index is 0.0179. The zero-order chi connectivity index (χ0) is 13.4. The van der Waals surface area contributed by atoms with Crippen LogP contribution in [0.2, 0.25) is 0 Å². The molecule has 1 fully saturated rings. The number of allylic oxidation sites excluding steroid dienone is 1. The number of hydrogen-bond donors (Lipinski definition) is 0. The van der Waals surface area contributed by atoms with E-state index >= 15 is 0 Å². The Morgan fingerprint density at radius 1 is 1.12 bits per heavy atom. The van der Waals surface area contributed by atoms with Gasteiger partial charge in [0.1, 0.15) is 0 Å². The Labute approximate surface area is 106 Å². The number of esters is 2. The van der Waals surface area contributed by atoms with Crippen molar-refractivity contribution < 1.29 is 19.1 Å². The molecule has 96 valence electrons. The molecule has 1 heterocycles. The fourth-order valence-electron chi connectivity index (χ4n) is 1.62. The van der Waals surface area contributed by atoms with E-state index in [1.807, 2.05) is 27.0 Å². The van der Waals surface area contributed by atoms with Crippen LogP contribution < -0.4 is 0 Å². The lowest BCUT2D eigenvalue weighted by Gasteiger charge is -2.32. The predicted molar refractivity (Wildman–Crippen MR) is 66.3 cm³/mol. The molecule has 0 radical (unpaired) electrons. The summed E-state index contributed by atoms with van der Waals surface area (Å²) in [6.07, 6.45) is 1.83. The Morgan fingerprint density at radius 2 is 1.53 bits per heavy atom. The highest BCUT2D eigenvalue weighted by Gasteiger charge is 2.42. The molecule has 1 rings (SSSR count). The molecule has 0 saturated carbocycles. The number of thioether (sulfide) groups is 1. The largest absolute Gasteiger partial charge is 0.419 e. The van der Waals surface area contributed by atoms with Crippen molar-refractivity contribution >= 4 is 23.7 Å². The standard InChI is InChI=1S/C12H18O4S/c1-11(2,3)8(17-6)7-9(13)15-12(4,5)16-10(7)14/h1-6H3. The molecule has 0 aromatic rings. The van der Waals surface area contributed by atoms with E-state index in [1.54, 1.807) is 0 Å². The van der Waals surface area contributed by atoms with Crippen LogP contribution in [-0.2, 0) is 19.1 Å². The molecule has 17 heavy (non-hydrogen) atoms. The van der Waals surface area contributed by atoms with Crippen molar-refractivity contribution in [2.75, 3.05) is 6.26 Å². The monoisotopic (exact) mass is 258 g/mol. The van der Waals surface area contributed by atoms with Gasteiger partial charge in [-0.25, -0.2) is 9.59 Å². The van der Waals surface area contributed by atoms with E-state index in [0.717, 1.165) is 0 Å². The van der Waals surface area contributed by atoms with Crippen LogP contribution in [0.4, 0.5) is 0 Å². The molecule has 0 spiro atoms. The first-order chi connectivity index (χ1) is 7.58. The van der Waals surface area contributed by atoms with Crippen LogP contribution in [-0.4, -0.2) is 24.0 Å². The van der Waals surface area contributed by atoms with Crippen molar-refractivity contribution in [1.29, 1.82) is 0 Å². The predicted octanol–water partition coefficient (Wildman–Crippen LogP) is 2.49. The molecule has 0 aromatic carbocycles. The number of carbonyl (C=O) groups excluding carboxylic acids is 2. The summed E-state index contributed by atoms with van der Waals surface area (Å²) < 4.78 is 10.2. The highest BCUT2D eigenvalue weighted by molar-refractivity contribution is 8.02. The highest BCUT2D eigenvalue weighted by Crippen LogP contribution is 2.38. The number of ether oxygens (including phenoxy) is 2. The average molecular weight is 258 g/mol.